The summed E-state index contributed by atoms with van der Waals surface area (Å²) >= 11 is 0. The van der Waals surface area contributed by atoms with Crippen molar-refractivity contribution >= 4 is 0 Å². The zero-order valence-corrected chi connectivity index (χ0v) is 8.68. The summed E-state index contributed by atoms with van der Waals surface area (Å²) in [5.74, 6) is 0.997. The Hall–Kier alpha value is -0.0800. The molecule has 2 fully saturated rings. The van der Waals surface area contributed by atoms with Gasteiger partial charge in [0.25, 0.3) is 0 Å². The van der Waals surface area contributed by atoms with Crippen molar-refractivity contribution in [3.63, 3.8) is 0 Å². The maximum atomic E-state index is 3.61. The molecule has 0 aromatic rings. The highest BCUT2D eigenvalue weighted by Crippen LogP contribution is 2.32. The molecular weight excluding hydrogens is 160 g/mol. The van der Waals surface area contributed by atoms with Gasteiger partial charge < -0.3 is 10.6 Å². The van der Waals surface area contributed by atoms with Crippen LogP contribution in [0.2, 0.25) is 0 Å². The van der Waals surface area contributed by atoms with Gasteiger partial charge in [-0.25, -0.2) is 0 Å². The molecule has 2 aliphatic rings. The molecule has 2 nitrogen and oxygen atoms in total. The fourth-order valence-corrected chi connectivity index (χ4v) is 1.92. The van der Waals surface area contributed by atoms with Gasteiger partial charge in [0, 0.05) is 12.1 Å². The van der Waals surface area contributed by atoms with Crippen molar-refractivity contribution in [2.75, 3.05) is 13.1 Å². The highest BCUT2D eigenvalue weighted by atomic mass is 15.0. The Balaban J connectivity index is 1.37. The van der Waals surface area contributed by atoms with Crippen molar-refractivity contribution in [1.29, 1.82) is 0 Å². The van der Waals surface area contributed by atoms with E-state index in [0.717, 1.165) is 18.0 Å². The van der Waals surface area contributed by atoms with E-state index < -0.39 is 0 Å². The first-order valence-corrected chi connectivity index (χ1v) is 5.87. The van der Waals surface area contributed by atoms with Crippen LogP contribution in [0.15, 0.2) is 0 Å². The Bertz CT molecular complexity index is 154. The zero-order valence-electron chi connectivity index (χ0n) is 8.68. The van der Waals surface area contributed by atoms with Crippen LogP contribution in [0.3, 0.4) is 0 Å². The summed E-state index contributed by atoms with van der Waals surface area (Å²) in [6, 6.07) is 1.75. The molecule has 2 unspecified atom stereocenters. The van der Waals surface area contributed by atoms with Gasteiger partial charge in [-0.3, -0.25) is 0 Å². The summed E-state index contributed by atoms with van der Waals surface area (Å²) in [7, 11) is 0. The van der Waals surface area contributed by atoms with Gasteiger partial charge in [0.05, 0.1) is 0 Å². The SMILES string of the molecule is CCC1CC1NCCCNC1CC1. The largest absolute Gasteiger partial charge is 0.314 e. The lowest BCUT2D eigenvalue weighted by Gasteiger charge is -2.04. The molecule has 0 aliphatic heterocycles. The van der Waals surface area contributed by atoms with E-state index in [1.807, 2.05) is 0 Å². The number of rotatable bonds is 7. The van der Waals surface area contributed by atoms with E-state index in [0.29, 0.717) is 0 Å². The normalized spacial score (nSPS) is 32.1. The third-order valence-corrected chi connectivity index (χ3v) is 3.22. The molecule has 0 bridgehead atoms. The van der Waals surface area contributed by atoms with Gasteiger partial charge in [-0.2, -0.15) is 0 Å². The average molecular weight is 182 g/mol. The highest BCUT2D eigenvalue weighted by Gasteiger charge is 2.34. The van der Waals surface area contributed by atoms with E-state index in [1.165, 1.54) is 45.2 Å². The summed E-state index contributed by atoms with van der Waals surface area (Å²) in [5, 5.41) is 7.15. The summed E-state index contributed by atoms with van der Waals surface area (Å²) in [6.07, 6.45) is 6.90. The molecule has 2 rings (SSSR count). The molecule has 0 aromatic carbocycles. The van der Waals surface area contributed by atoms with Gasteiger partial charge in [0.2, 0.25) is 0 Å². The van der Waals surface area contributed by atoms with Crippen molar-refractivity contribution in [3.05, 3.63) is 0 Å². The second-order valence-corrected chi connectivity index (χ2v) is 4.55. The molecule has 2 saturated carbocycles. The molecular formula is C11H22N2. The fraction of sp³-hybridized carbons (Fsp3) is 1.00. The zero-order chi connectivity index (χ0) is 9.10. The summed E-state index contributed by atoms with van der Waals surface area (Å²) in [5.41, 5.74) is 0. The average Bonchev–Trinajstić information content (AvgIpc) is 2.99. The van der Waals surface area contributed by atoms with E-state index in [2.05, 4.69) is 17.6 Å². The van der Waals surface area contributed by atoms with E-state index in [9.17, 15) is 0 Å². The summed E-state index contributed by atoms with van der Waals surface area (Å²) in [4.78, 5) is 0. The second-order valence-electron chi connectivity index (χ2n) is 4.55. The molecule has 2 atom stereocenters. The monoisotopic (exact) mass is 182 g/mol. The van der Waals surface area contributed by atoms with Crippen molar-refractivity contribution in [3.8, 4) is 0 Å². The van der Waals surface area contributed by atoms with Crippen LogP contribution in [0.5, 0.6) is 0 Å². The smallest absolute Gasteiger partial charge is 0.00990 e. The van der Waals surface area contributed by atoms with Crippen LogP contribution in [0.4, 0.5) is 0 Å². The standard InChI is InChI=1S/C11H22N2/c1-2-9-8-11(9)13-7-3-6-12-10-4-5-10/h9-13H,2-8H2,1H3. The predicted molar refractivity (Wildman–Crippen MR) is 55.8 cm³/mol. The Labute approximate surface area is 81.5 Å². The minimum absolute atomic E-state index is 0.867. The van der Waals surface area contributed by atoms with Gasteiger partial charge in [0.1, 0.15) is 0 Å². The van der Waals surface area contributed by atoms with Crippen LogP contribution >= 0.6 is 0 Å². The maximum absolute atomic E-state index is 3.61. The summed E-state index contributed by atoms with van der Waals surface area (Å²) in [6.45, 7) is 4.71. The van der Waals surface area contributed by atoms with Crippen LogP contribution in [-0.4, -0.2) is 25.2 Å². The topological polar surface area (TPSA) is 24.1 Å². The highest BCUT2D eigenvalue weighted by molar-refractivity contribution is 4.91. The van der Waals surface area contributed by atoms with Crippen molar-refractivity contribution in [1.82, 2.24) is 10.6 Å². The first-order chi connectivity index (χ1) is 6.40. The van der Waals surface area contributed by atoms with Crippen molar-refractivity contribution < 1.29 is 0 Å². The molecule has 0 amide bonds. The lowest BCUT2D eigenvalue weighted by Crippen LogP contribution is -2.25. The number of hydrogen-bond donors (Lipinski definition) is 2. The predicted octanol–water partition coefficient (Wildman–Crippen LogP) is 1.52. The van der Waals surface area contributed by atoms with Crippen LogP contribution in [0.1, 0.15) is 39.0 Å². The van der Waals surface area contributed by atoms with E-state index in [1.54, 1.807) is 0 Å². The van der Waals surface area contributed by atoms with Gasteiger partial charge in [0.15, 0.2) is 0 Å². The van der Waals surface area contributed by atoms with E-state index in [4.69, 9.17) is 0 Å². The Morgan fingerprint density at radius 1 is 1.15 bits per heavy atom. The van der Waals surface area contributed by atoms with E-state index in [-0.39, 0.29) is 0 Å². The number of hydrogen-bond acceptors (Lipinski definition) is 2. The third kappa shape index (κ3) is 3.28. The lowest BCUT2D eigenvalue weighted by molar-refractivity contribution is 0.570. The van der Waals surface area contributed by atoms with Crippen LogP contribution < -0.4 is 10.6 Å². The molecule has 0 saturated heterocycles. The minimum Gasteiger partial charge on any atom is -0.314 e. The van der Waals surface area contributed by atoms with Gasteiger partial charge in [-0.05, 0) is 44.7 Å². The van der Waals surface area contributed by atoms with Crippen molar-refractivity contribution in [2.45, 2.75) is 51.1 Å². The Kier molecular flexibility index (Phi) is 3.23. The molecule has 13 heavy (non-hydrogen) atoms. The van der Waals surface area contributed by atoms with Crippen LogP contribution in [0, 0.1) is 5.92 Å². The van der Waals surface area contributed by atoms with Crippen LogP contribution in [-0.2, 0) is 0 Å². The quantitative estimate of drug-likeness (QED) is 0.583. The van der Waals surface area contributed by atoms with Gasteiger partial charge in [-0.15, -0.1) is 0 Å². The molecule has 0 radical (unpaired) electrons. The maximum Gasteiger partial charge on any atom is 0.00990 e. The molecule has 76 valence electrons. The minimum atomic E-state index is 0.867. The molecule has 2 aliphatic carbocycles. The van der Waals surface area contributed by atoms with Crippen LogP contribution in [0.25, 0.3) is 0 Å². The Morgan fingerprint density at radius 2 is 1.92 bits per heavy atom. The molecule has 0 heterocycles. The molecule has 0 aromatic heterocycles. The number of nitrogens with one attached hydrogen (secondary N) is 2. The lowest BCUT2D eigenvalue weighted by atomic mass is 10.3. The second kappa shape index (κ2) is 4.43. The Morgan fingerprint density at radius 3 is 2.54 bits per heavy atom. The first-order valence-electron chi connectivity index (χ1n) is 5.87. The van der Waals surface area contributed by atoms with Crippen molar-refractivity contribution in [2.24, 2.45) is 5.92 Å². The first kappa shape index (κ1) is 9.47. The fourth-order valence-electron chi connectivity index (χ4n) is 1.92. The van der Waals surface area contributed by atoms with E-state index >= 15 is 0 Å². The third-order valence-electron chi connectivity index (χ3n) is 3.22. The van der Waals surface area contributed by atoms with Gasteiger partial charge in [-0.1, -0.05) is 13.3 Å². The van der Waals surface area contributed by atoms with Gasteiger partial charge >= 0.3 is 0 Å². The molecule has 0 spiro atoms. The summed E-state index contributed by atoms with van der Waals surface area (Å²) < 4.78 is 0. The molecule has 2 N–H and O–H groups in total. The molecule has 2 heteroatoms.